The van der Waals surface area contributed by atoms with E-state index in [0.717, 1.165) is 23.1 Å². The van der Waals surface area contributed by atoms with Crippen molar-refractivity contribution in [2.75, 3.05) is 0 Å². The molecule has 0 unspecified atom stereocenters. The van der Waals surface area contributed by atoms with Gasteiger partial charge in [-0.25, -0.2) is 13.2 Å². The molecule has 0 N–H and O–H groups in total. The highest BCUT2D eigenvalue weighted by Gasteiger charge is 2.26. The Morgan fingerprint density at radius 2 is 1.42 bits per heavy atom. The summed E-state index contributed by atoms with van der Waals surface area (Å²) in [6.07, 6.45) is 0.724. The lowest BCUT2D eigenvalue weighted by Crippen LogP contribution is -2.09. The van der Waals surface area contributed by atoms with Gasteiger partial charge in [0, 0.05) is 16.7 Å². The predicted molar refractivity (Wildman–Crippen MR) is 94.2 cm³/mol. The summed E-state index contributed by atoms with van der Waals surface area (Å²) in [7, 11) is 0. The summed E-state index contributed by atoms with van der Waals surface area (Å²) in [6.45, 7) is 12.7. The van der Waals surface area contributed by atoms with Crippen LogP contribution in [0.2, 0.25) is 0 Å². The number of hydrogen-bond donors (Lipinski definition) is 0. The van der Waals surface area contributed by atoms with Crippen molar-refractivity contribution in [2.24, 2.45) is 0 Å². The quantitative estimate of drug-likeness (QED) is 0.586. The molecule has 0 aromatic heterocycles. The molecule has 0 aliphatic carbocycles. The average molecular weight is 334 g/mol. The summed E-state index contributed by atoms with van der Waals surface area (Å²) in [6, 6.07) is 1.28. The molecule has 0 spiro atoms. The first-order chi connectivity index (χ1) is 11.1. The minimum absolute atomic E-state index is 0.0112. The fourth-order valence-corrected chi connectivity index (χ4v) is 3.55. The van der Waals surface area contributed by atoms with E-state index in [4.69, 9.17) is 0 Å². The summed E-state index contributed by atoms with van der Waals surface area (Å²) in [5.41, 5.74) is 4.12. The molecule has 0 saturated heterocycles. The SMILES string of the molecule is CCc1c(C)c(C)c(-c2c(C)cc(F)c(C)c2F)c(F)c1C(C)C. The maximum atomic E-state index is 15.4. The van der Waals surface area contributed by atoms with Crippen LogP contribution in [0.1, 0.15) is 60.1 Å². The lowest BCUT2D eigenvalue weighted by Gasteiger charge is -2.23. The van der Waals surface area contributed by atoms with E-state index in [2.05, 4.69) is 0 Å². The van der Waals surface area contributed by atoms with Crippen molar-refractivity contribution in [2.45, 2.75) is 60.8 Å². The van der Waals surface area contributed by atoms with Gasteiger partial charge in [-0.1, -0.05) is 20.8 Å². The Balaban J connectivity index is 3.00. The van der Waals surface area contributed by atoms with Crippen molar-refractivity contribution >= 4 is 0 Å². The fraction of sp³-hybridized carbons (Fsp3) is 0.429. The summed E-state index contributed by atoms with van der Waals surface area (Å²) >= 11 is 0. The number of hydrogen-bond acceptors (Lipinski definition) is 0. The van der Waals surface area contributed by atoms with Crippen LogP contribution in [-0.2, 0) is 6.42 Å². The Morgan fingerprint density at radius 3 is 1.92 bits per heavy atom. The molecule has 0 atom stereocenters. The second-order valence-corrected chi connectivity index (χ2v) is 6.83. The summed E-state index contributed by atoms with van der Waals surface area (Å²) < 4.78 is 44.0. The van der Waals surface area contributed by atoms with Crippen molar-refractivity contribution in [3.05, 3.63) is 56.9 Å². The van der Waals surface area contributed by atoms with Crippen LogP contribution >= 0.6 is 0 Å². The van der Waals surface area contributed by atoms with Crippen LogP contribution in [0, 0.1) is 45.1 Å². The predicted octanol–water partition coefficient (Wildman–Crippen LogP) is 6.69. The molecule has 0 bridgehead atoms. The Kier molecular flexibility index (Phi) is 5.12. The van der Waals surface area contributed by atoms with Gasteiger partial charge in [0.2, 0.25) is 0 Å². The van der Waals surface area contributed by atoms with Crippen LogP contribution in [0.5, 0.6) is 0 Å². The lowest BCUT2D eigenvalue weighted by atomic mass is 9.83. The van der Waals surface area contributed by atoms with E-state index in [-0.39, 0.29) is 28.4 Å². The molecule has 2 aromatic rings. The average Bonchev–Trinajstić information content (AvgIpc) is 2.51. The molecule has 0 amide bonds. The summed E-state index contributed by atoms with van der Waals surface area (Å²) in [5.74, 6) is -1.66. The largest absolute Gasteiger partial charge is 0.207 e. The van der Waals surface area contributed by atoms with Crippen molar-refractivity contribution in [1.29, 1.82) is 0 Å². The maximum absolute atomic E-state index is 15.4. The van der Waals surface area contributed by atoms with E-state index in [0.29, 0.717) is 11.1 Å². The Labute approximate surface area is 142 Å². The smallest absolute Gasteiger partial charge is 0.137 e. The molecule has 2 rings (SSSR count). The van der Waals surface area contributed by atoms with Crippen LogP contribution in [0.4, 0.5) is 13.2 Å². The van der Waals surface area contributed by atoms with Gasteiger partial charge in [-0.2, -0.15) is 0 Å². The zero-order chi connectivity index (χ0) is 18.3. The van der Waals surface area contributed by atoms with Gasteiger partial charge in [0.1, 0.15) is 17.5 Å². The van der Waals surface area contributed by atoms with Gasteiger partial charge in [0.25, 0.3) is 0 Å². The minimum atomic E-state index is -0.673. The molecular weight excluding hydrogens is 309 g/mol. The van der Waals surface area contributed by atoms with E-state index in [1.807, 2.05) is 34.6 Å². The van der Waals surface area contributed by atoms with E-state index in [1.165, 1.54) is 13.0 Å². The molecule has 0 saturated carbocycles. The van der Waals surface area contributed by atoms with E-state index in [9.17, 15) is 8.78 Å². The van der Waals surface area contributed by atoms with Crippen molar-refractivity contribution in [1.82, 2.24) is 0 Å². The van der Waals surface area contributed by atoms with Crippen LogP contribution in [0.25, 0.3) is 11.1 Å². The van der Waals surface area contributed by atoms with Crippen LogP contribution in [-0.4, -0.2) is 0 Å². The van der Waals surface area contributed by atoms with Gasteiger partial charge in [-0.15, -0.1) is 0 Å². The minimum Gasteiger partial charge on any atom is -0.207 e. The fourth-order valence-electron chi connectivity index (χ4n) is 3.55. The monoisotopic (exact) mass is 334 g/mol. The third-order valence-corrected chi connectivity index (χ3v) is 5.00. The van der Waals surface area contributed by atoms with Gasteiger partial charge in [0.05, 0.1) is 0 Å². The second-order valence-electron chi connectivity index (χ2n) is 6.83. The first-order valence-electron chi connectivity index (χ1n) is 8.40. The number of rotatable bonds is 3. The molecule has 3 heteroatoms. The van der Waals surface area contributed by atoms with Crippen LogP contribution < -0.4 is 0 Å². The highest BCUT2D eigenvalue weighted by atomic mass is 19.1. The number of halogens is 3. The van der Waals surface area contributed by atoms with Crippen LogP contribution in [0.3, 0.4) is 0 Å². The first-order valence-corrected chi connectivity index (χ1v) is 8.40. The molecule has 2 aromatic carbocycles. The van der Waals surface area contributed by atoms with Crippen molar-refractivity contribution in [3.63, 3.8) is 0 Å². The van der Waals surface area contributed by atoms with Gasteiger partial charge < -0.3 is 0 Å². The third-order valence-electron chi connectivity index (χ3n) is 5.00. The molecule has 0 aliphatic heterocycles. The molecule has 0 heterocycles. The van der Waals surface area contributed by atoms with Gasteiger partial charge in [0.15, 0.2) is 0 Å². The third kappa shape index (κ3) is 2.74. The second kappa shape index (κ2) is 6.62. The molecular formula is C21H25F3. The van der Waals surface area contributed by atoms with Gasteiger partial charge in [-0.3, -0.25) is 0 Å². The van der Waals surface area contributed by atoms with Crippen molar-refractivity contribution < 1.29 is 13.2 Å². The zero-order valence-corrected chi connectivity index (χ0v) is 15.5. The topological polar surface area (TPSA) is 0 Å². The molecule has 0 radical (unpaired) electrons. The molecule has 0 aliphatic rings. The van der Waals surface area contributed by atoms with Gasteiger partial charge >= 0.3 is 0 Å². The van der Waals surface area contributed by atoms with E-state index in [1.54, 1.807) is 6.92 Å². The number of aryl methyl sites for hydroxylation is 1. The van der Waals surface area contributed by atoms with Crippen molar-refractivity contribution in [3.8, 4) is 11.1 Å². The summed E-state index contributed by atoms with van der Waals surface area (Å²) in [4.78, 5) is 0. The zero-order valence-electron chi connectivity index (χ0n) is 15.5. The van der Waals surface area contributed by atoms with Gasteiger partial charge in [-0.05, 0) is 73.9 Å². The number of benzene rings is 2. The standard InChI is InChI=1S/C21H25F3/c1-8-15-12(5)13(6)19(21(24)17(15)10(2)3)18-11(4)9-16(22)14(7)20(18)23/h9-10H,8H2,1-7H3. The maximum Gasteiger partial charge on any atom is 0.137 e. The molecule has 24 heavy (non-hydrogen) atoms. The Hall–Kier alpha value is -1.77. The van der Waals surface area contributed by atoms with Crippen LogP contribution in [0.15, 0.2) is 6.07 Å². The molecule has 0 nitrogen and oxygen atoms in total. The van der Waals surface area contributed by atoms with E-state index >= 15 is 4.39 Å². The summed E-state index contributed by atoms with van der Waals surface area (Å²) in [5, 5.41) is 0. The first kappa shape index (κ1) is 18.6. The highest BCUT2D eigenvalue weighted by molar-refractivity contribution is 5.75. The van der Waals surface area contributed by atoms with E-state index < -0.39 is 11.6 Å². The molecule has 0 fully saturated rings. The molecule has 130 valence electrons. The Bertz CT molecular complexity index is 802. The lowest BCUT2D eigenvalue weighted by molar-refractivity contribution is 0.563. The highest BCUT2D eigenvalue weighted by Crippen LogP contribution is 2.40. The normalized spacial score (nSPS) is 11.5. The Morgan fingerprint density at radius 1 is 0.833 bits per heavy atom.